The quantitative estimate of drug-likeness (QED) is 0.928. The highest BCUT2D eigenvalue weighted by Gasteiger charge is 2.30. The number of nitrogens with zero attached hydrogens (tertiary/aromatic N) is 2. The molecule has 1 aromatic carbocycles. The van der Waals surface area contributed by atoms with Gasteiger partial charge in [-0.05, 0) is 24.6 Å². The molecule has 0 saturated heterocycles. The van der Waals surface area contributed by atoms with E-state index in [9.17, 15) is 13.2 Å². The Morgan fingerprint density at radius 1 is 1.37 bits per heavy atom. The fourth-order valence-corrected chi connectivity index (χ4v) is 1.62. The third-order valence-electron chi connectivity index (χ3n) is 2.69. The minimum atomic E-state index is -4.33. The molecule has 7 heteroatoms. The molecular formula is C12H12F3N3O. The summed E-state index contributed by atoms with van der Waals surface area (Å²) in [5, 5.41) is 6.64. The number of rotatable bonds is 4. The van der Waals surface area contributed by atoms with Crippen LogP contribution in [0.25, 0.3) is 0 Å². The molecule has 0 saturated carbocycles. The molecule has 1 aromatic heterocycles. The van der Waals surface area contributed by atoms with Gasteiger partial charge in [-0.15, -0.1) is 0 Å². The van der Waals surface area contributed by atoms with Crippen LogP contribution in [0.5, 0.6) is 0 Å². The van der Waals surface area contributed by atoms with Gasteiger partial charge in [0.1, 0.15) is 0 Å². The molecule has 1 heterocycles. The van der Waals surface area contributed by atoms with Crippen molar-refractivity contribution >= 4 is 0 Å². The van der Waals surface area contributed by atoms with Crippen LogP contribution in [0.1, 0.15) is 29.9 Å². The first-order valence-corrected chi connectivity index (χ1v) is 5.62. The Kier molecular flexibility index (Phi) is 3.84. The molecule has 0 amide bonds. The molecular weight excluding hydrogens is 259 g/mol. The van der Waals surface area contributed by atoms with Crippen molar-refractivity contribution in [2.75, 3.05) is 0 Å². The van der Waals surface area contributed by atoms with Gasteiger partial charge in [-0.2, -0.15) is 18.2 Å². The summed E-state index contributed by atoms with van der Waals surface area (Å²) in [6.07, 6.45) is -3.13. The van der Waals surface area contributed by atoms with E-state index in [4.69, 9.17) is 0 Å². The number of nitrogens with one attached hydrogen (secondary N) is 1. The lowest BCUT2D eigenvalue weighted by Gasteiger charge is -2.15. The molecule has 19 heavy (non-hydrogen) atoms. The fourth-order valence-electron chi connectivity index (χ4n) is 1.62. The second-order valence-electron chi connectivity index (χ2n) is 4.07. The molecule has 0 spiro atoms. The first-order chi connectivity index (χ1) is 8.97. The van der Waals surface area contributed by atoms with E-state index >= 15 is 0 Å². The molecule has 0 radical (unpaired) electrons. The standard InChI is InChI=1S/C12H12F3N3O/c1-8(16-6-11-17-7-19-18-11)9-3-2-4-10(5-9)12(13,14)15/h2-5,7-8,16H,6H2,1H3. The van der Waals surface area contributed by atoms with Crippen LogP contribution < -0.4 is 5.32 Å². The van der Waals surface area contributed by atoms with Crippen molar-refractivity contribution in [3.63, 3.8) is 0 Å². The van der Waals surface area contributed by atoms with Crippen molar-refractivity contribution in [3.8, 4) is 0 Å². The average Bonchev–Trinajstić information content (AvgIpc) is 2.88. The Hall–Kier alpha value is -1.89. The first kappa shape index (κ1) is 13.5. The van der Waals surface area contributed by atoms with Crippen molar-refractivity contribution in [2.24, 2.45) is 0 Å². The number of hydrogen-bond donors (Lipinski definition) is 1. The van der Waals surface area contributed by atoms with E-state index < -0.39 is 11.7 Å². The maximum Gasteiger partial charge on any atom is 0.416 e. The molecule has 2 aromatic rings. The third kappa shape index (κ3) is 3.54. The highest BCUT2D eigenvalue weighted by Crippen LogP contribution is 2.30. The molecule has 1 atom stereocenters. The van der Waals surface area contributed by atoms with Crippen LogP contribution in [0.4, 0.5) is 13.2 Å². The Bertz CT molecular complexity index is 525. The molecule has 0 fully saturated rings. The van der Waals surface area contributed by atoms with Gasteiger partial charge in [0.2, 0.25) is 6.39 Å². The number of hydrogen-bond acceptors (Lipinski definition) is 4. The summed E-state index contributed by atoms with van der Waals surface area (Å²) in [7, 11) is 0. The Labute approximate surface area is 107 Å². The summed E-state index contributed by atoms with van der Waals surface area (Å²) in [5.74, 6) is 0.457. The minimum absolute atomic E-state index is 0.249. The summed E-state index contributed by atoms with van der Waals surface area (Å²) in [6, 6.07) is 4.97. The van der Waals surface area contributed by atoms with E-state index in [2.05, 4.69) is 20.0 Å². The lowest BCUT2D eigenvalue weighted by atomic mass is 10.0. The fraction of sp³-hybridized carbons (Fsp3) is 0.333. The van der Waals surface area contributed by atoms with Gasteiger partial charge >= 0.3 is 6.18 Å². The monoisotopic (exact) mass is 271 g/mol. The summed E-state index contributed by atoms with van der Waals surface area (Å²) >= 11 is 0. The highest BCUT2D eigenvalue weighted by molar-refractivity contribution is 5.27. The van der Waals surface area contributed by atoms with Crippen molar-refractivity contribution in [2.45, 2.75) is 25.7 Å². The summed E-state index contributed by atoms with van der Waals surface area (Å²) in [5.41, 5.74) is -0.100. The van der Waals surface area contributed by atoms with Gasteiger partial charge in [-0.3, -0.25) is 0 Å². The Morgan fingerprint density at radius 2 is 2.16 bits per heavy atom. The van der Waals surface area contributed by atoms with E-state index in [1.807, 2.05) is 0 Å². The zero-order valence-corrected chi connectivity index (χ0v) is 10.1. The van der Waals surface area contributed by atoms with Crippen LogP contribution in [-0.2, 0) is 12.7 Å². The molecule has 4 nitrogen and oxygen atoms in total. The van der Waals surface area contributed by atoms with Gasteiger partial charge in [0, 0.05) is 6.04 Å². The lowest BCUT2D eigenvalue weighted by molar-refractivity contribution is -0.137. The predicted molar refractivity (Wildman–Crippen MR) is 61.0 cm³/mol. The average molecular weight is 271 g/mol. The van der Waals surface area contributed by atoms with Crippen LogP contribution in [-0.4, -0.2) is 10.1 Å². The normalized spacial score (nSPS) is 13.5. The second-order valence-corrected chi connectivity index (χ2v) is 4.07. The van der Waals surface area contributed by atoms with Gasteiger partial charge in [0.25, 0.3) is 0 Å². The van der Waals surface area contributed by atoms with Gasteiger partial charge in [0.15, 0.2) is 5.82 Å². The molecule has 0 aliphatic rings. The van der Waals surface area contributed by atoms with Crippen molar-refractivity contribution in [3.05, 3.63) is 47.6 Å². The van der Waals surface area contributed by atoms with Crippen LogP contribution in [0, 0.1) is 0 Å². The molecule has 2 rings (SSSR count). The lowest BCUT2D eigenvalue weighted by Crippen LogP contribution is -2.19. The SMILES string of the molecule is CC(NCc1ncon1)c1cccc(C(F)(F)F)c1. The van der Waals surface area contributed by atoms with E-state index in [-0.39, 0.29) is 6.04 Å². The smallest absolute Gasteiger partial charge is 0.343 e. The van der Waals surface area contributed by atoms with Crippen LogP contribution in [0.15, 0.2) is 35.2 Å². The summed E-state index contributed by atoms with van der Waals surface area (Å²) in [6.45, 7) is 2.10. The van der Waals surface area contributed by atoms with E-state index in [1.54, 1.807) is 13.0 Å². The topological polar surface area (TPSA) is 51.0 Å². The van der Waals surface area contributed by atoms with Crippen molar-refractivity contribution in [1.29, 1.82) is 0 Å². The first-order valence-electron chi connectivity index (χ1n) is 5.62. The Morgan fingerprint density at radius 3 is 2.79 bits per heavy atom. The zero-order chi connectivity index (χ0) is 13.9. The van der Waals surface area contributed by atoms with Gasteiger partial charge in [-0.1, -0.05) is 17.3 Å². The zero-order valence-electron chi connectivity index (χ0n) is 10.1. The summed E-state index contributed by atoms with van der Waals surface area (Å²) in [4.78, 5) is 3.82. The number of aromatic nitrogens is 2. The number of halogens is 3. The minimum Gasteiger partial charge on any atom is -0.343 e. The van der Waals surface area contributed by atoms with Gasteiger partial charge in [0.05, 0.1) is 12.1 Å². The van der Waals surface area contributed by atoms with Gasteiger partial charge < -0.3 is 9.84 Å². The van der Waals surface area contributed by atoms with E-state index in [1.165, 1.54) is 12.5 Å². The second kappa shape index (κ2) is 5.40. The molecule has 1 N–H and O–H groups in total. The molecule has 0 bridgehead atoms. The predicted octanol–water partition coefficient (Wildman–Crippen LogP) is 2.94. The third-order valence-corrected chi connectivity index (χ3v) is 2.69. The number of alkyl halides is 3. The number of benzene rings is 1. The van der Waals surface area contributed by atoms with Crippen LogP contribution in [0.2, 0.25) is 0 Å². The van der Waals surface area contributed by atoms with Crippen LogP contribution in [0.3, 0.4) is 0 Å². The van der Waals surface area contributed by atoms with Gasteiger partial charge in [-0.25, -0.2) is 0 Å². The van der Waals surface area contributed by atoms with Crippen molar-refractivity contribution in [1.82, 2.24) is 15.5 Å². The molecule has 0 aliphatic heterocycles. The highest BCUT2D eigenvalue weighted by atomic mass is 19.4. The molecule has 1 unspecified atom stereocenters. The Balaban J connectivity index is 2.04. The maximum absolute atomic E-state index is 12.6. The maximum atomic E-state index is 12.6. The van der Waals surface area contributed by atoms with Crippen molar-refractivity contribution < 1.29 is 17.7 Å². The van der Waals surface area contributed by atoms with E-state index in [0.29, 0.717) is 17.9 Å². The molecule has 102 valence electrons. The van der Waals surface area contributed by atoms with Crippen LogP contribution >= 0.6 is 0 Å². The summed E-state index contributed by atoms with van der Waals surface area (Å²) < 4.78 is 42.3. The molecule has 0 aliphatic carbocycles. The largest absolute Gasteiger partial charge is 0.416 e. The van der Waals surface area contributed by atoms with E-state index in [0.717, 1.165) is 12.1 Å².